The molecule has 7 heteroatoms. The molecule has 108 valence electrons. The number of amides is 2. The Balaban J connectivity index is 4.63. The zero-order chi connectivity index (χ0) is 15.0. The Hall–Kier alpha value is -2.05. The van der Waals surface area contributed by atoms with E-state index >= 15 is 0 Å². The molecule has 0 aliphatic heterocycles. The molecule has 0 heterocycles. The van der Waals surface area contributed by atoms with Crippen LogP contribution in [0.5, 0.6) is 0 Å². The summed E-state index contributed by atoms with van der Waals surface area (Å²) in [4.78, 5) is 34.7. The van der Waals surface area contributed by atoms with Crippen LogP contribution in [0.4, 0.5) is 4.79 Å². The third-order valence-electron chi connectivity index (χ3n) is 2.45. The lowest BCUT2D eigenvalue weighted by Crippen LogP contribution is -2.50. The number of rotatable bonds is 8. The Bertz CT molecular complexity index is 354. The van der Waals surface area contributed by atoms with Gasteiger partial charge in [-0.25, -0.2) is 9.59 Å². The molecule has 0 aromatic carbocycles. The highest BCUT2D eigenvalue weighted by molar-refractivity contribution is 5.83. The Morgan fingerprint density at radius 3 is 2.26 bits per heavy atom. The molecule has 0 radical (unpaired) electrons. The first kappa shape index (κ1) is 16.9. The van der Waals surface area contributed by atoms with Crippen LogP contribution in [0.1, 0.15) is 26.7 Å². The number of aliphatic carboxylic acids is 2. The predicted molar refractivity (Wildman–Crippen MR) is 68.9 cm³/mol. The Labute approximate surface area is 111 Å². The van der Waals surface area contributed by atoms with Crippen molar-refractivity contribution in [1.82, 2.24) is 10.2 Å². The molecule has 0 aliphatic rings. The monoisotopic (exact) mass is 272 g/mol. The van der Waals surface area contributed by atoms with Gasteiger partial charge in [0.1, 0.15) is 6.04 Å². The molecule has 2 amide bonds. The second-order valence-corrected chi connectivity index (χ2v) is 4.31. The van der Waals surface area contributed by atoms with Crippen molar-refractivity contribution in [3.05, 3.63) is 12.7 Å². The van der Waals surface area contributed by atoms with E-state index in [9.17, 15) is 14.4 Å². The molecule has 0 aromatic rings. The van der Waals surface area contributed by atoms with Gasteiger partial charge in [0.15, 0.2) is 0 Å². The van der Waals surface area contributed by atoms with Crippen molar-refractivity contribution in [1.29, 1.82) is 0 Å². The molecule has 0 aliphatic carbocycles. The zero-order valence-electron chi connectivity index (χ0n) is 11.1. The molecule has 0 aromatic heterocycles. The topological polar surface area (TPSA) is 107 Å². The SMILES string of the molecule is C=CCN(C(=O)NC(CCC(=O)O)C(=O)O)C(C)C. The third-order valence-corrected chi connectivity index (χ3v) is 2.45. The summed E-state index contributed by atoms with van der Waals surface area (Å²) in [7, 11) is 0. The van der Waals surface area contributed by atoms with Gasteiger partial charge in [-0.15, -0.1) is 6.58 Å². The van der Waals surface area contributed by atoms with Crippen LogP contribution in [-0.2, 0) is 9.59 Å². The first-order valence-corrected chi connectivity index (χ1v) is 5.92. The minimum absolute atomic E-state index is 0.119. The summed E-state index contributed by atoms with van der Waals surface area (Å²) >= 11 is 0. The molecule has 1 unspecified atom stereocenters. The highest BCUT2D eigenvalue weighted by Crippen LogP contribution is 2.03. The van der Waals surface area contributed by atoms with Gasteiger partial charge < -0.3 is 20.4 Å². The van der Waals surface area contributed by atoms with Crippen molar-refractivity contribution in [3.63, 3.8) is 0 Å². The second-order valence-electron chi connectivity index (χ2n) is 4.31. The molecule has 0 saturated heterocycles. The lowest BCUT2D eigenvalue weighted by atomic mass is 10.1. The van der Waals surface area contributed by atoms with E-state index in [1.54, 1.807) is 13.8 Å². The summed E-state index contributed by atoms with van der Waals surface area (Å²) < 4.78 is 0. The average Bonchev–Trinajstić information content (AvgIpc) is 2.29. The minimum atomic E-state index is -1.25. The van der Waals surface area contributed by atoms with E-state index in [2.05, 4.69) is 11.9 Å². The second kappa shape index (κ2) is 8.12. The van der Waals surface area contributed by atoms with E-state index < -0.39 is 24.0 Å². The molecule has 0 spiro atoms. The highest BCUT2D eigenvalue weighted by Gasteiger charge is 2.24. The molecule has 19 heavy (non-hydrogen) atoms. The maximum atomic E-state index is 11.9. The maximum absolute atomic E-state index is 11.9. The lowest BCUT2D eigenvalue weighted by Gasteiger charge is -2.27. The minimum Gasteiger partial charge on any atom is -0.481 e. The van der Waals surface area contributed by atoms with Gasteiger partial charge in [0, 0.05) is 19.0 Å². The zero-order valence-corrected chi connectivity index (χ0v) is 11.1. The molecule has 7 nitrogen and oxygen atoms in total. The molecule has 0 saturated carbocycles. The number of hydrogen-bond donors (Lipinski definition) is 3. The fourth-order valence-corrected chi connectivity index (χ4v) is 1.42. The van der Waals surface area contributed by atoms with Crippen molar-refractivity contribution >= 4 is 18.0 Å². The molecule has 0 rings (SSSR count). The van der Waals surface area contributed by atoms with Crippen molar-refractivity contribution in [2.75, 3.05) is 6.54 Å². The van der Waals surface area contributed by atoms with E-state index in [0.717, 1.165) is 0 Å². The summed E-state index contributed by atoms with van der Waals surface area (Å²) in [5.41, 5.74) is 0. The smallest absolute Gasteiger partial charge is 0.326 e. The molecule has 1 atom stereocenters. The predicted octanol–water partition coefficient (Wildman–Crippen LogP) is 0.910. The van der Waals surface area contributed by atoms with E-state index in [-0.39, 0.29) is 25.4 Å². The normalized spacial score (nSPS) is 11.7. The van der Waals surface area contributed by atoms with Gasteiger partial charge in [0.05, 0.1) is 0 Å². The van der Waals surface area contributed by atoms with Gasteiger partial charge in [-0.2, -0.15) is 0 Å². The van der Waals surface area contributed by atoms with Crippen molar-refractivity contribution in [2.24, 2.45) is 0 Å². The van der Waals surface area contributed by atoms with Crippen LogP contribution in [0, 0.1) is 0 Å². The maximum Gasteiger partial charge on any atom is 0.326 e. The quantitative estimate of drug-likeness (QED) is 0.569. The fraction of sp³-hybridized carbons (Fsp3) is 0.583. The van der Waals surface area contributed by atoms with Crippen LogP contribution in [0.3, 0.4) is 0 Å². The van der Waals surface area contributed by atoms with E-state index in [1.165, 1.54) is 11.0 Å². The van der Waals surface area contributed by atoms with E-state index in [1.807, 2.05) is 0 Å². The average molecular weight is 272 g/mol. The van der Waals surface area contributed by atoms with Crippen LogP contribution < -0.4 is 5.32 Å². The first-order valence-electron chi connectivity index (χ1n) is 5.92. The number of carboxylic acids is 2. The molecular weight excluding hydrogens is 252 g/mol. The number of urea groups is 1. The summed E-state index contributed by atoms with van der Waals surface area (Å²) in [6.07, 6.45) is 1.06. The number of hydrogen-bond acceptors (Lipinski definition) is 3. The molecule has 3 N–H and O–H groups in total. The van der Waals surface area contributed by atoms with Crippen molar-refractivity contribution in [2.45, 2.75) is 38.8 Å². The van der Waals surface area contributed by atoms with E-state index in [0.29, 0.717) is 0 Å². The van der Waals surface area contributed by atoms with Gasteiger partial charge in [-0.3, -0.25) is 4.79 Å². The molecular formula is C12H20N2O5. The summed E-state index contributed by atoms with van der Waals surface area (Å²) in [5, 5.41) is 19.8. The van der Waals surface area contributed by atoms with Crippen LogP contribution >= 0.6 is 0 Å². The van der Waals surface area contributed by atoms with Crippen LogP contribution in [0.15, 0.2) is 12.7 Å². The summed E-state index contributed by atoms with van der Waals surface area (Å²) in [5.74, 6) is -2.36. The van der Waals surface area contributed by atoms with Crippen LogP contribution in [-0.4, -0.2) is 51.7 Å². The molecule has 0 fully saturated rings. The number of carbonyl (C=O) groups excluding carboxylic acids is 1. The van der Waals surface area contributed by atoms with Gasteiger partial charge in [-0.1, -0.05) is 6.08 Å². The van der Waals surface area contributed by atoms with Gasteiger partial charge in [0.2, 0.25) is 0 Å². The number of nitrogens with zero attached hydrogens (tertiary/aromatic N) is 1. The Morgan fingerprint density at radius 1 is 1.32 bits per heavy atom. The van der Waals surface area contributed by atoms with Crippen molar-refractivity contribution in [3.8, 4) is 0 Å². The highest BCUT2D eigenvalue weighted by atomic mass is 16.4. The summed E-state index contributed by atoms with van der Waals surface area (Å²) in [6, 6.07) is -1.88. The van der Waals surface area contributed by atoms with Crippen LogP contribution in [0.25, 0.3) is 0 Å². The van der Waals surface area contributed by atoms with Gasteiger partial charge in [-0.05, 0) is 20.3 Å². The number of carbonyl (C=O) groups is 3. The number of nitrogens with one attached hydrogen (secondary N) is 1. The molecule has 0 bridgehead atoms. The Kier molecular flexibility index (Phi) is 7.25. The van der Waals surface area contributed by atoms with Gasteiger partial charge >= 0.3 is 18.0 Å². The lowest BCUT2D eigenvalue weighted by molar-refractivity contribution is -0.140. The third kappa shape index (κ3) is 6.44. The van der Waals surface area contributed by atoms with Crippen LogP contribution in [0.2, 0.25) is 0 Å². The summed E-state index contributed by atoms with van der Waals surface area (Å²) in [6.45, 7) is 7.39. The Morgan fingerprint density at radius 2 is 1.89 bits per heavy atom. The number of carboxylic acid groups (broad SMARTS) is 2. The van der Waals surface area contributed by atoms with E-state index in [4.69, 9.17) is 10.2 Å². The first-order chi connectivity index (χ1) is 8.79. The largest absolute Gasteiger partial charge is 0.481 e. The fourth-order valence-electron chi connectivity index (χ4n) is 1.42. The van der Waals surface area contributed by atoms with Crippen molar-refractivity contribution < 1.29 is 24.6 Å². The van der Waals surface area contributed by atoms with Gasteiger partial charge in [0.25, 0.3) is 0 Å². The standard InChI is InChI=1S/C12H20N2O5/c1-4-7-14(8(2)3)12(19)13-9(11(17)18)5-6-10(15)16/h4,8-9H,1,5-7H2,2-3H3,(H,13,19)(H,15,16)(H,17,18).